The van der Waals surface area contributed by atoms with Gasteiger partial charge in [0.25, 0.3) is 5.91 Å². The van der Waals surface area contributed by atoms with Crippen LogP contribution in [0.3, 0.4) is 0 Å². The van der Waals surface area contributed by atoms with Gasteiger partial charge in [-0.2, -0.15) is 5.10 Å². The van der Waals surface area contributed by atoms with E-state index in [0.29, 0.717) is 18.7 Å². The van der Waals surface area contributed by atoms with Crippen molar-refractivity contribution in [2.75, 3.05) is 20.2 Å². The molecule has 1 amide bonds. The molecule has 2 heterocycles. The second-order valence-electron chi connectivity index (χ2n) is 6.74. The Bertz CT molecular complexity index is 524. The first-order valence-electron chi connectivity index (χ1n) is 7.34. The number of aliphatic hydroxyl groups excluding tert-OH is 1. The predicted octanol–water partition coefficient (Wildman–Crippen LogP) is 1.52. The van der Waals surface area contributed by atoms with Crippen LogP contribution in [0.25, 0.3) is 0 Å². The van der Waals surface area contributed by atoms with E-state index in [9.17, 15) is 9.90 Å². The fourth-order valence-electron chi connectivity index (χ4n) is 2.80. The first-order chi connectivity index (χ1) is 9.75. The highest BCUT2D eigenvalue weighted by Crippen LogP contribution is 2.30. The molecule has 21 heavy (non-hydrogen) atoms. The van der Waals surface area contributed by atoms with Gasteiger partial charge in [-0.1, -0.05) is 13.8 Å². The lowest BCUT2D eigenvalue weighted by molar-refractivity contribution is -0.00703. The average molecular weight is 295 g/mol. The van der Waals surface area contributed by atoms with Gasteiger partial charge in [-0.25, -0.2) is 0 Å². The number of nitrogens with zero attached hydrogens (tertiary/aromatic N) is 2. The summed E-state index contributed by atoms with van der Waals surface area (Å²) in [6.45, 7) is 8.32. The Morgan fingerprint density at radius 3 is 2.81 bits per heavy atom. The largest absolute Gasteiger partial charge is 0.396 e. The van der Waals surface area contributed by atoms with E-state index in [0.717, 1.165) is 11.3 Å². The van der Waals surface area contributed by atoms with Crippen molar-refractivity contribution in [1.29, 1.82) is 0 Å². The zero-order valence-corrected chi connectivity index (χ0v) is 13.4. The van der Waals surface area contributed by atoms with Crippen LogP contribution in [0.5, 0.6) is 0 Å². The van der Waals surface area contributed by atoms with Crippen molar-refractivity contribution in [3.8, 4) is 0 Å². The number of aromatic nitrogens is 2. The van der Waals surface area contributed by atoms with E-state index in [-0.39, 0.29) is 30.1 Å². The SMILES string of the molecule is C[C@@H]1Cc2c(C(=O)N(C)CC(C)(C)CO)n[nH]c2[C@H](C)O1. The quantitative estimate of drug-likeness (QED) is 0.883. The van der Waals surface area contributed by atoms with Gasteiger partial charge in [0.1, 0.15) is 0 Å². The molecule has 118 valence electrons. The van der Waals surface area contributed by atoms with Crippen LogP contribution >= 0.6 is 0 Å². The molecule has 0 aromatic carbocycles. The number of fused-ring (bicyclic) bond motifs is 1. The molecule has 0 aliphatic carbocycles. The molecule has 1 aliphatic rings. The molecule has 0 spiro atoms. The molecular formula is C15H25N3O3. The molecule has 6 nitrogen and oxygen atoms in total. The minimum absolute atomic E-state index is 0.0329. The summed E-state index contributed by atoms with van der Waals surface area (Å²) >= 11 is 0. The molecule has 2 N–H and O–H groups in total. The number of carbonyl (C=O) groups excluding carboxylic acids is 1. The summed E-state index contributed by atoms with van der Waals surface area (Å²) in [5.41, 5.74) is 2.00. The number of ether oxygens (including phenoxy) is 1. The fraction of sp³-hybridized carbons (Fsp3) is 0.733. The average Bonchev–Trinajstić information content (AvgIpc) is 2.81. The van der Waals surface area contributed by atoms with Crippen molar-refractivity contribution in [3.05, 3.63) is 17.0 Å². The van der Waals surface area contributed by atoms with Gasteiger partial charge in [-0.05, 0) is 13.8 Å². The number of amides is 1. The Balaban J connectivity index is 2.21. The number of aromatic amines is 1. The van der Waals surface area contributed by atoms with Gasteiger partial charge in [-0.3, -0.25) is 9.89 Å². The second kappa shape index (κ2) is 5.77. The molecule has 1 aromatic heterocycles. The van der Waals surface area contributed by atoms with Crippen molar-refractivity contribution >= 4 is 5.91 Å². The summed E-state index contributed by atoms with van der Waals surface area (Å²) in [6.07, 6.45) is 0.696. The monoisotopic (exact) mass is 295 g/mol. The fourth-order valence-corrected chi connectivity index (χ4v) is 2.80. The van der Waals surface area contributed by atoms with Gasteiger partial charge in [0.05, 0.1) is 17.9 Å². The minimum atomic E-state index is -0.329. The topological polar surface area (TPSA) is 78.5 Å². The third-order valence-corrected chi connectivity index (χ3v) is 3.88. The second-order valence-corrected chi connectivity index (χ2v) is 6.74. The molecule has 0 unspecified atom stereocenters. The van der Waals surface area contributed by atoms with Crippen LogP contribution < -0.4 is 0 Å². The Kier molecular flexibility index (Phi) is 4.39. The molecule has 0 fully saturated rings. The van der Waals surface area contributed by atoms with Gasteiger partial charge >= 0.3 is 0 Å². The highest BCUT2D eigenvalue weighted by Gasteiger charge is 2.31. The van der Waals surface area contributed by atoms with Gasteiger partial charge in [0, 0.05) is 37.6 Å². The van der Waals surface area contributed by atoms with E-state index in [1.54, 1.807) is 11.9 Å². The summed E-state index contributed by atoms with van der Waals surface area (Å²) < 4.78 is 5.73. The Morgan fingerprint density at radius 2 is 2.19 bits per heavy atom. The minimum Gasteiger partial charge on any atom is -0.396 e. The first-order valence-corrected chi connectivity index (χ1v) is 7.34. The maximum absolute atomic E-state index is 12.6. The lowest BCUT2D eigenvalue weighted by Crippen LogP contribution is -2.38. The van der Waals surface area contributed by atoms with Crippen LogP contribution in [0.2, 0.25) is 0 Å². The Labute approximate surface area is 125 Å². The number of rotatable bonds is 4. The standard InChI is InChI=1S/C15H25N3O3/c1-9-6-11-12(10(2)21-9)16-17-13(11)14(20)18(5)7-15(3,4)8-19/h9-10,19H,6-8H2,1-5H3,(H,16,17)/t9-,10+/m1/s1. The van der Waals surface area contributed by atoms with E-state index in [2.05, 4.69) is 10.2 Å². The van der Waals surface area contributed by atoms with E-state index in [1.165, 1.54) is 0 Å². The van der Waals surface area contributed by atoms with Gasteiger partial charge < -0.3 is 14.7 Å². The van der Waals surface area contributed by atoms with Crippen molar-refractivity contribution in [2.24, 2.45) is 5.41 Å². The zero-order chi connectivity index (χ0) is 15.8. The lowest BCUT2D eigenvalue weighted by Gasteiger charge is -2.29. The number of hydrogen-bond donors (Lipinski definition) is 2. The van der Waals surface area contributed by atoms with Crippen molar-refractivity contribution < 1.29 is 14.6 Å². The maximum Gasteiger partial charge on any atom is 0.274 e. The van der Waals surface area contributed by atoms with Gasteiger partial charge in [0.15, 0.2) is 5.69 Å². The van der Waals surface area contributed by atoms with Crippen LogP contribution in [-0.4, -0.2) is 52.4 Å². The molecule has 0 radical (unpaired) electrons. The molecule has 0 bridgehead atoms. The number of carbonyl (C=O) groups is 1. The molecule has 1 aliphatic heterocycles. The van der Waals surface area contributed by atoms with Crippen molar-refractivity contribution in [2.45, 2.75) is 46.3 Å². The van der Waals surface area contributed by atoms with Crippen LogP contribution in [0, 0.1) is 5.41 Å². The van der Waals surface area contributed by atoms with E-state index in [4.69, 9.17) is 4.74 Å². The summed E-state index contributed by atoms with van der Waals surface area (Å²) in [4.78, 5) is 14.2. The number of nitrogens with one attached hydrogen (secondary N) is 1. The Hall–Kier alpha value is -1.40. The van der Waals surface area contributed by atoms with E-state index in [1.807, 2.05) is 27.7 Å². The number of hydrogen-bond acceptors (Lipinski definition) is 4. The third kappa shape index (κ3) is 3.27. The number of aliphatic hydroxyl groups is 1. The lowest BCUT2D eigenvalue weighted by atomic mass is 9.94. The number of H-pyrrole nitrogens is 1. The first kappa shape index (κ1) is 16.0. The predicted molar refractivity (Wildman–Crippen MR) is 79.1 cm³/mol. The highest BCUT2D eigenvalue weighted by atomic mass is 16.5. The summed E-state index contributed by atoms with van der Waals surface area (Å²) in [6, 6.07) is 0. The summed E-state index contributed by atoms with van der Waals surface area (Å²) in [5.74, 6) is -0.115. The molecule has 6 heteroatoms. The van der Waals surface area contributed by atoms with Crippen molar-refractivity contribution in [1.82, 2.24) is 15.1 Å². The highest BCUT2D eigenvalue weighted by molar-refractivity contribution is 5.94. The van der Waals surface area contributed by atoms with E-state index >= 15 is 0 Å². The third-order valence-electron chi connectivity index (χ3n) is 3.88. The van der Waals surface area contributed by atoms with Crippen LogP contribution in [-0.2, 0) is 11.2 Å². The Morgan fingerprint density at radius 1 is 1.52 bits per heavy atom. The normalized spacial score (nSPS) is 22.0. The molecule has 0 saturated heterocycles. The van der Waals surface area contributed by atoms with Crippen LogP contribution in [0.4, 0.5) is 0 Å². The van der Waals surface area contributed by atoms with Crippen LogP contribution in [0.1, 0.15) is 55.5 Å². The van der Waals surface area contributed by atoms with E-state index < -0.39 is 0 Å². The smallest absolute Gasteiger partial charge is 0.274 e. The molecule has 2 atom stereocenters. The molecule has 0 saturated carbocycles. The molecule has 2 rings (SSSR count). The van der Waals surface area contributed by atoms with Gasteiger partial charge in [-0.15, -0.1) is 0 Å². The zero-order valence-electron chi connectivity index (χ0n) is 13.4. The molecule has 1 aromatic rings. The summed E-state index contributed by atoms with van der Waals surface area (Å²) in [7, 11) is 1.74. The summed E-state index contributed by atoms with van der Waals surface area (Å²) in [5, 5.41) is 16.5. The van der Waals surface area contributed by atoms with Crippen molar-refractivity contribution in [3.63, 3.8) is 0 Å². The van der Waals surface area contributed by atoms with Crippen LogP contribution in [0.15, 0.2) is 0 Å². The molecular weight excluding hydrogens is 270 g/mol. The van der Waals surface area contributed by atoms with Gasteiger partial charge in [0.2, 0.25) is 0 Å². The maximum atomic E-state index is 12.6.